The average Bonchev–Trinajstić information content (AvgIpc) is 2.27. The number of esters is 1. The topological polar surface area (TPSA) is 72.5 Å². The zero-order valence-corrected chi connectivity index (χ0v) is 7.88. The summed E-state index contributed by atoms with van der Waals surface area (Å²) in [6.45, 7) is 0. The first-order valence-corrected chi connectivity index (χ1v) is 4.23. The second kappa shape index (κ2) is 4.74. The second-order valence-electron chi connectivity index (χ2n) is 2.90. The third-order valence-corrected chi connectivity index (χ3v) is 1.97. The Morgan fingerprint density at radius 2 is 2.00 bits per heavy atom. The molecule has 0 radical (unpaired) electrons. The van der Waals surface area contributed by atoms with E-state index >= 15 is 0 Å². The van der Waals surface area contributed by atoms with E-state index in [-0.39, 0.29) is 0 Å². The molecule has 0 heterocycles. The van der Waals surface area contributed by atoms with Gasteiger partial charge in [-0.1, -0.05) is 30.3 Å². The molecule has 0 aliphatic carbocycles. The fourth-order valence-corrected chi connectivity index (χ4v) is 1.12. The molecule has 0 aliphatic rings. The largest absolute Gasteiger partial charge is 0.467 e. The summed E-state index contributed by atoms with van der Waals surface area (Å²) in [4.78, 5) is 11.0. The van der Waals surface area contributed by atoms with Gasteiger partial charge in [-0.05, 0) is 5.56 Å². The van der Waals surface area contributed by atoms with Gasteiger partial charge in [-0.3, -0.25) is 0 Å². The van der Waals surface area contributed by atoms with Crippen molar-refractivity contribution in [2.75, 3.05) is 7.11 Å². The molecule has 0 spiro atoms. The van der Waals surface area contributed by atoms with Crippen molar-refractivity contribution in [1.82, 2.24) is 0 Å². The molecule has 0 bridgehead atoms. The predicted molar refractivity (Wildman–Crippen MR) is 51.4 cm³/mol. The number of aliphatic hydroxyl groups excluding tert-OH is 1. The molecule has 1 aromatic rings. The maximum absolute atomic E-state index is 11.0. The van der Waals surface area contributed by atoms with E-state index in [0.29, 0.717) is 5.56 Å². The van der Waals surface area contributed by atoms with E-state index in [4.69, 9.17) is 5.73 Å². The van der Waals surface area contributed by atoms with Crippen molar-refractivity contribution in [3.8, 4) is 0 Å². The van der Waals surface area contributed by atoms with Crippen LogP contribution in [-0.2, 0) is 9.53 Å². The van der Waals surface area contributed by atoms with Gasteiger partial charge in [0.2, 0.25) is 0 Å². The predicted octanol–water partition coefficient (Wildman–Crippen LogP) is 0.220. The number of rotatable bonds is 3. The van der Waals surface area contributed by atoms with E-state index in [1.54, 1.807) is 24.3 Å². The summed E-state index contributed by atoms with van der Waals surface area (Å²) in [7, 11) is 1.21. The molecule has 1 aromatic carbocycles. The Balaban J connectivity index is 2.75. The van der Waals surface area contributed by atoms with Crippen LogP contribution in [0.25, 0.3) is 0 Å². The molecular formula is C10H13NO3. The summed E-state index contributed by atoms with van der Waals surface area (Å²) in [5, 5.41) is 9.44. The molecule has 1 unspecified atom stereocenters. The van der Waals surface area contributed by atoms with Crippen LogP contribution >= 0.6 is 0 Å². The van der Waals surface area contributed by atoms with E-state index in [9.17, 15) is 9.90 Å². The summed E-state index contributed by atoms with van der Waals surface area (Å²) in [5.41, 5.74) is 6.36. The van der Waals surface area contributed by atoms with Gasteiger partial charge in [0.15, 0.2) is 6.10 Å². The van der Waals surface area contributed by atoms with Crippen molar-refractivity contribution >= 4 is 5.97 Å². The van der Waals surface area contributed by atoms with Gasteiger partial charge in [0.25, 0.3) is 0 Å². The Morgan fingerprint density at radius 3 is 2.50 bits per heavy atom. The fraction of sp³-hybridized carbons (Fsp3) is 0.300. The highest BCUT2D eigenvalue weighted by Crippen LogP contribution is 2.14. The Kier molecular flexibility index (Phi) is 3.62. The number of ether oxygens (including phenoxy) is 1. The second-order valence-corrected chi connectivity index (χ2v) is 2.90. The van der Waals surface area contributed by atoms with E-state index in [1.165, 1.54) is 7.11 Å². The van der Waals surface area contributed by atoms with Gasteiger partial charge in [0.1, 0.15) is 0 Å². The van der Waals surface area contributed by atoms with Crippen LogP contribution in [-0.4, -0.2) is 24.3 Å². The van der Waals surface area contributed by atoms with Gasteiger partial charge in [-0.15, -0.1) is 0 Å². The molecule has 2 atom stereocenters. The average molecular weight is 195 g/mol. The highest BCUT2D eigenvalue weighted by Gasteiger charge is 2.24. The van der Waals surface area contributed by atoms with Crippen LogP contribution in [0.2, 0.25) is 0 Å². The third kappa shape index (κ3) is 2.31. The number of hydrogen-bond donors (Lipinski definition) is 2. The Morgan fingerprint density at radius 1 is 1.43 bits per heavy atom. The van der Waals surface area contributed by atoms with Crippen LogP contribution < -0.4 is 5.73 Å². The lowest BCUT2D eigenvalue weighted by Crippen LogP contribution is -2.34. The molecule has 0 amide bonds. The van der Waals surface area contributed by atoms with Crippen molar-refractivity contribution in [2.45, 2.75) is 12.1 Å². The van der Waals surface area contributed by atoms with E-state index in [1.807, 2.05) is 6.07 Å². The van der Waals surface area contributed by atoms with Crippen LogP contribution in [0.1, 0.15) is 11.6 Å². The van der Waals surface area contributed by atoms with Gasteiger partial charge in [-0.25, -0.2) is 4.79 Å². The maximum atomic E-state index is 11.0. The zero-order valence-electron chi connectivity index (χ0n) is 7.88. The van der Waals surface area contributed by atoms with Crippen LogP contribution in [0.15, 0.2) is 30.3 Å². The van der Waals surface area contributed by atoms with Crippen molar-refractivity contribution in [3.63, 3.8) is 0 Å². The molecule has 0 aromatic heterocycles. The lowest BCUT2D eigenvalue weighted by molar-refractivity contribution is -0.151. The van der Waals surface area contributed by atoms with E-state index in [2.05, 4.69) is 4.74 Å². The molecule has 1 rings (SSSR count). The first-order chi connectivity index (χ1) is 6.66. The molecule has 0 aliphatic heterocycles. The maximum Gasteiger partial charge on any atom is 0.336 e. The molecule has 0 saturated carbocycles. The minimum Gasteiger partial charge on any atom is -0.467 e. The minimum atomic E-state index is -1.32. The Hall–Kier alpha value is -1.39. The number of hydrogen-bond acceptors (Lipinski definition) is 4. The van der Waals surface area contributed by atoms with Crippen molar-refractivity contribution in [2.24, 2.45) is 5.73 Å². The molecular weight excluding hydrogens is 182 g/mol. The third-order valence-electron chi connectivity index (χ3n) is 1.97. The summed E-state index contributed by atoms with van der Waals surface area (Å²) in [6, 6.07) is 8.16. The number of aliphatic hydroxyl groups is 1. The van der Waals surface area contributed by atoms with Gasteiger partial charge < -0.3 is 15.6 Å². The van der Waals surface area contributed by atoms with Gasteiger partial charge in [-0.2, -0.15) is 0 Å². The van der Waals surface area contributed by atoms with Crippen molar-refractivity contribution < 1.29 is 14.6 Å². The molecule has 3 N–H and O–H groups in total. The highest BCUT2D eigenvalue weighted by atomic mass is 16.5. The molecule has 4 heteroatoms. The first kappa shape index (κ1) is 10.7. The van der Waals surface area contributed by atoms with Crippen molar-refractivity contribution in [1.29, 1.82) is 0 Å². The Bertz CT molecular complexity index is 299. The smallest absolute Gasteiger partial charge is 0.336 e. The number of carbonyl (C=O) groups is 1. The van der Waals surface area contributed by atoms with Gasteiger partial charge in [0, 0.05) is 0 Å². The number of benzene rings is 1. The van der Waals surface area contributed by atoms with Crippen molar-refractivity contribution in [3.05, 3.63) is 35.9 Å². The minimum absolute atomic E-state index is 0.699. The van der Waals surface area contributed by atoms with Gasteiger partial charge >= 0.3 is 5.97 Å². The van der Waals surface area contributed by atoms with Crippen LogP contribution in [0, 0.1) is 0 Å². The summed E-state index contributed by atoms with van der Waals surface area (Å²) in [6.07, 6.45) is -1.32. The molecule has 0 saturated heterocycles. The Labute approximate surface area is 82.3 Å². The van der Waals surface area contributed by atoms with Crippen LogP contribution in [0.3, 0.4) is 0 Å². The monoisotopic (exact) mass is 195 g/mol. The number of nitrogens with two attached hydrogens (primary N) is 1. The highest BCUT2D eigenvalue weighted by molar-refractivity contribution is 5.75. The lowest BCUT2D eigenvalue weighted by atomic mass is 10.0. The van der Waals surface area contributed by atoms with Crippen LogP contribution in [0.5, 0.6) is 0 Å². The molecule has 4 nitrogen and oxygen atoms in total. The lowest BCUT2D eigenvalue weighted by Gasteiger charge is -2.16. The molecule has 76 valence electrons. The summed E-state index contributed by atoms with van der Waals surface area (Å²) >= 11 is 0. The van der Waals surface area contributed by atoms with Crippen LogP contribution in [0.4, 0.5) is 0 Å². The normalized spacial score (nSPS) is 14.5. The molecule has 0 fully saturated rings. The standard InChI is InChI=1S/C10H13NO3/c1-14-10(13)9(12)8(11)7-5-3-2-4-6-7/h2-6,8-9,12H,11H2,1H3/t8?,9-/m0/s1. The van der Waals surface area contributed by atoms with E-state index < -0.39 is 18.1 Å². The molecule has 14 heavy (non-hydrogen) atoms. The van der Waals surface area contributed by atoms with Gasteiger partial charge in [0.05, 0.1) is 13.2 Å². The summed E-state index contributed by atoms with van der Waals surface area (Å²) < 4.78 is 4.39. The summed E-state index contributed by atoms with van der Waals surface area (Å²) in [5.74, 6) is -0.721. The van der Waals surface area contributed by atoms with E-state index in [0.717, 1.165) is 0 Å². The zero-order chi connectivity index (χ0) is 10.6. The number of carbonyl (C=O) groups excluding carboxylic acids is 1. The fourth-order valence-electron chi connectivity index (χ4n) is 1.12. The first-order valence-electron chi connectivity index (χ1n) is 4.23. The SMILES string of the molecule is COC(=O)[C@@H](O)C(N)c1ccccc1. The quantitative estimate of drug-likeness (QED) is 0.677. The number of methoxy groups -OCH3 is 1.